The van der Waals surface area contributed by atoms with Crippen LogP contribution in [-0.4, -0.2) is 54.8 Å². The zero-order valence-electron chi connectivity index (χ0n) is 21.2. The Morgan fingerprint density at radius 2 is 1.92 bits per heavy atom. The fraction of sp³-hybridized carbons (Fsp3) is 0.393. The summed E-state index contributed by atoms with van der Waals surface area (Å²) in [6.07, 6.45) is 4.37. The topological polar surface area (TPSA) is 134 Å². The number of fused-ring (bicyclic) bond motifs is 1. The Morgan fingerprint density at radius 3 is 2.62 bits per heavy atom. The molecule has 1 amide bonds. The van der Waals surface area contributed by atoms with Crippen LogP contribution in [0.25, 0.3) is 33.7 Å². The minimum atomic E-state index is -1.29. The maximum Gasteiger partial charge on any atom is 0.506 e. The molecule has 2 aliphatic carbocycles. The molecule has 11 heteroatoms. The summed E-state index contributed by atoms with van der Waals surface area (Å²) >= 11 is 3.74. The molecule has 39 heavy (non-hydrogen) atoms. The van der Waals surface area contributed by atoms with Gasteiger partial charge in [-0.25, -0.2) is 9.89 Å². The van der Waals surface area contributed by atoms with Crippen LogP contribution in [0.3, 0.4) is 0 Å². The van der Waals surface area contributed by atoms with E-state index < -0.39 is 11.8 Å². The lowest BCUT2D eigenvalue weighted by molar-refractivity contribution is -0.136. The van der Waals surface area contributed by atoms with Crippen molar-refractivity contribution in [3.63, 3.8) is 0 Å². The van der Waals surface area contributed by atoms with Crippen molar-refractivity contribution in [1.82, 2.24) is 25.5 Å². The quantitative estimate of drug-likeness (QED) is 0.220. The number of hydrogen-bond acceptors (Lipinski definition) is 7. The molecule has 0 bridgehead atoms. The van der Waals surface area contributed by atoms with Gasteiger partial charge >= 0.3 is 6.16 Å². The number of H-pyrrole nitrogens is 1. The van der Waals surface area contributed by atoms with Gasteiger partial charge in [-0.15, -0.1) is 5.10 Å². The van der Waals surface area contributed by atoms with Crippen molar-refractivity contribution in [2.45, 2.75) is 57.1 Å². The summed E-state index contributed by atoms with van der Waals surface area (Å²) < 4.78 is 12.5. The number of hydrogen-bond donors (Lipinski definition) is 2. The smallest absolute Gasteiger partial charge is 0.455 e. The number of carboxylic acid groups (broad SMARTS) is 1. The van der Waals surface area contributed by atoms with E-state index in [-0.39, 0.29) is 12.5 Å². The van der Waals surface area contributed by atoms with E-state index in [0.717, 1.165) is 52.2 Å². The minimum Gasteiger partial charge on any atom is -0.455 e. The average molecular weight is 594 g/mol. The summed E-state index contributed by atoms with van der Waals surface area (Å²) in [6, 6.07) is 13.6. The molecular weight excluding hydrogens is 566 g/mol. The number of nitrogens with zero attached hydrogens (tertiary/aromatic N) is 4. The molecule has 2 aromatic heterocycles. The number of furan rings is 1. The van der Waals surface area contributed by atoms with Gasteiger partial charge in [-0.1, -0.05) is 30.3 Å². The number of halogens is 1. The largest absolute Gasteiger partial charge is 0.506 e. The van der Waals surface area contributed by atoms with Crippen LogP contribution in [0.5, 0.6) is 0 Å². The molecule has 2 fully saturated rings. The fourth-order valence-corrected chi connectivity index (χ4v) is 6.15. The monoisotopic (exact) mass is 593 g/mol. The van der Waals surface area contributed by atoms with Crippen molar-refractivity contribution in [3.8, 4) is 22.7 Å². The van der Waals surface area contributed by atoms with Crippen molar-refractivity contribution in [3.05, 3.63) is 52.5 Å². The number of benzene rings is 2. The van der Waals surface area contributed by atoms with E-state index in [9.17, 15) is 14.7 Å². The molecule has 6 rings (SSSR count). The summed E-state index contributed by atoms with van der Waals surface area (Å²) in [5.41, 5.74) is 2.41. The molecule has 0 aliphatic heterocycles. The molecule has 2 heterocycles. The van der Waals surface area contributed by atoms with Gasteiger partial charge in [0.15, 0.2) is 5.82 Å². The first kappa shape index (κ1) is 25.5. The van der Waals surface area contributed by atoms with E-state index in [1.165, 1.54) is 0 Å². The van der Waals surface area contributed by atoms with Gasteiger partial charge < -0.3 is 19.2 Å². The van der Waals surface area contributed by atoms with Gasteiger partial charge in [-0.05, 0) is 88.5 Å². The van der Waals surface area contributed by atoms with Crippen molar-refractivity contribution in [1.29, 1.82) is 0 Å². The third-order valence-corrected chi connectivity index (χ3v) is 8.44. The Bertz CT molecular complexity index is 1510. The predicted molar refractivity (Wildman–Crippen MR) is 146 cm³/mol. The SMILES string of the molecule is O=C(O)OC1(CN(Cc2ccc3oc(-c4ccccc4-c4nnn[nH]4)c(Br)c3c2)C(=O)CC2CC2)CCCC1. The lowest BCUT2D eigenvalue weighted by atomic mass is 10.00. The number of aromatic nitrogens is 4. The van der Waals surface area contributed by atoms with E-state index in [0.29, 0.717) is 48.9 Å². The zero-order chi connectivity index (χ0) is 27.0. The highest BCUT2D eigenvalue weighted by molar-refractivity contribution is 9.10. The number of rotatable bonds is 9. The molecule has 4 aromatic rings. The highest BCUT2D eigenvalue weighted by Gasteiger charge is 2.41. The summed E-state index contributed by atoms with van der Waals surface area (Å²) in [7, 11) is 0. The molecule has 2 aromatic carbocycles. The summed E-state index contributed by atoms with van der Waals surface area (Å²) in [4.78, 5) is 26.7. The van der Waals surface area contributed by atoms with E-state index in [1.54, 1.807) is 4.90 Å². The third kappa shape index (κ3) is 5.40. The van der Waals surface area contributed by atoms with E-state index >= 15 is 0 Å². The maximum atomic E-state index is 13.4. The summed E-state index contributed by atoms with van der Waals surface area (Å²) in [5, 5.41) is 24.5. The predicted octanol–water partition coefficient (Wildman–Crippen LogP) is 6.18. The third-order valence-electron chi connectivity index (χ3n) is 7.65. The van der Waals surface area contributed by atoms with E-state index in [1.807, 2.05) is 42.5 Å². The highest BCUT2D eigenvalue weighted by Crippen LogP contribution is 2.42. The van der Waals surface area contributed by atoms with Crippen LogP contribution in [0.15, 0.2) is 51.4 Å². The number of tetrazole rings is 1. The average Bonchev–Trinajstić information content (AvgIpc) is 3.28. The first-order valence-electron chi connectivity index (χ1n) is 13.1. The Hall–Kier alpha value is -3.73. The second-order valence-corrected chi connectivity index (χ2v) is 11.3. The van der Waals surface area contributed by atoms with Crippen LogP contribution < -0.4 is 0 Å². The molecule has 2 N–H and O–H groups in total. The number of carbonyl (C=O) groups is 2. The fourth-order valence-electron chi connectivity index (χ4n) is 5.54. The van der Waals surface area contributed by atoms with Gasteiger partial charge in [0.05, 0.1) is 11.0 Å². The van der Waals surface area contributed by atoms with Crippen molar-refractivity contribution >= 4 is 39.0 Å². The van der Waals surface area contributed by atoms with Crippen molar-refractivity contribution in [2.75, 3.05) is 6.54 Å². The Morgan fingerprint density at radius 1 is 1.15 bits per heavy atom. The van der Waals surface area contributed by atoms with Gasteiger partial charge in [-0.3, -0.25) is 4.79 Å². The molecule has 0 atom stereocenters. The lowest BCUT2D eigenvalue weighted by Gasteiger charge is -2.34. The number of aromatic amines is 1. The summed E-state index contributed by atoms with van der Waals surface area (Å²) in [5.74, 6) is 1.65. The lowest BCUT2D eigenvalue weighted by Crippen LogP contribution is -2.46. The second kappa shape index (κ2) is 10.4. The van der Waals surface area contributed by atoms with Crippen LogP contribution in [0.4, 0.5) is 4.79 Å². The molecular formula is C28H28BrN5O5. The maximum absolute atomic E-state index is 13.4. The first-order valence-corrected chi connectivity index (χ1v) is 13.9. The highest BCUT2D eigenvalue weighted by atomic mass is 79.9. The molecule has 10 nitrogen and oxygen atoms in total. The van der Waals surface area contributed by atoms with Crippen molar-refractivity contribution in [2.24, 2.45) is 5.92 Å². The van der Waals surface area contributed by atoms with E-state index in [4.69, 9.17) is 9.15 Å². The van der Waals surface area contributed by atoms with Gasteiger partial charge in [0.2, 0.25) is 5.91 Å². The van der Waals surface area contributed by atoms with Crippen LogP contribution >= 0.6 is 15.9 Å². The molecule has 2 saturated carbocycles. The zero-order valence-corrected chi connectivity index (χ0v) is 22.8. The van der Waals surface area contributed by atoms with Gasteiger partial charge in [0.25, 0.3) is 0 Å². The second-order valence-electron chi connectivity index (χ2n) is 10.5. The van der Waals surface area contributed by atoms with Gasteiger partial charge in [0, 0.05) is 29.5 Å². The van der Waals surface area contributed by atoms with Crippen LogP contribution in [0, 0.1) is 5.92 Å². The molecule has 0 unspecified atom stereocenters. The van der Waals surface area contributed by atoms with Crippen LogP contribution in [0.1, 0.15) is 50.5 Å². The van der Waals surface area contributed by atoms with Crippen molar-refractivity contribution < 1.29 is 23.8 Å². The molecule has 0 radical (unpaired) electrons. The number of nitrogens with one attached hydrogen (secondary N) is 1. The van der Waals surface area contributed by atoms with E-state index in [2.05, 4.69) is 36.6 Å². The summed E-state index contributed by atoms with van der Waals surface area (Å²) in [6.45, 7) is 0.624. The normalized spacial score (nSPS) is 16.4. The van der Waals surface area contributed by atoms with Crippen LogP contribution in [-0.2, 0) is 16.1 Å². The molecule has 0 spiro atoms. The number of amides is 1. The Labute approximate surface area is 232 Å². The first-order chi connectivity index (χ1) is 18.9. The number of ether oxygens (including phenoxy) is 1. The van der Waals surface area contributed by atoms with Gasteiger partial charge in [0.1, 0.15) is 16.9 Å². The molecule has 0 saturated heterocycles. The Kier molecular flexibility index (Phi) is 6.84. The Balaban J connectivity index is 1.31. The van der Waals surface area contributed by atoms with Crippen LogP contribution in [0.2, 0.25) is 0 Å². The minimum absolute atomic E-state index is 0.0411. The van der Waals surface area contributed by atoms with Gasteiger partial charge in [-0.2, -0.15) is 0 Å². The molecule has 2 aliphatic rings. The standard InChI is InChI=1S/C28H28BrN5O5/c29-24-21-13-18(9-10-22(21)38-25(24)19-5-1-2-6-20(19)26-30-32-33-31-26)15-34(23(35)14-17-7-8-17)16-28(39-27(36)37)11-3-4-12-28/h1-2,5-6,9-10,13,17H,3-4,7-8,11-12,14-16H2,(H,36,37)(H,30,31,32,33). The number of carbonyl (C=O) groups excluding carboxylic acids is 1. The molecule has 202 valence electrons.